The average molecular weight is 270 g/mol. The van der Waals surface area contributed by atoms with Crippen LogP contribution in [0.1, 0.15) is 31.9 Å². The molecule has 0 fully saturated rings. The molecule has 0 spiro atoms. The van der Waals surface area contributed by atoms with Crippen molar-refractivity contribution in [2.75, 3.05) is 0 Å². The van der Waals surface area contributed by atoms with E-state index >= 15 is 0 Å². The third-order valence-corrected chi connectivity index (χ3v) is 3.38. The van der Waals surface area contributed by atoms with E-state index in [2.05, 4.69) is 29.8 Å². The molecule has 0 bridgehead atoms. The van der Waals surface area contributed by atoms with Gasteiger partial charge in [-0.2, -0.15) is 0 Å². The molecular weight excluding hydrogens is 254 g/mol. The van der Waals surface area contributed by atoms with Gasteiger partial charge in [0.25, 0.3) is 0 Å². The molecule has 0 aliphatic carbocycles. The zero-order chi connectivity index (χ0) is 11.0. The molecule has 0 saturated heterocycles. The molecule has 0 saturated carbocycles. The van der Waals surface area contributed by atoms with E-state index in [1.54, 1.807) is 0 Å². The highest BCUT2D eigenvalue weighted by molar-refractivity contribution is 9.10. The lowest BCUT2D eigenvalue weighted by Crippen LogP contribution is -2.33. The fourth-order valence-electron chi connectivity index (χ4n) is 1.91. The van der Waals surface area contributed by atoms with Crippen molar-refractivity contribution in [3.05, 3.63) is 28.2 Å². The lowest BCUT2D eigenvalue weighted by atomic mass is 9.92. The summed E-state index contributed by atoms with van der Waals surface area (Å²) in [5, 5.41) is 0. The number of hydrogen-bond donors (Lipinski definition) is 1. The summed E-state index contributed by atoms with van der Waals surface area (Å²) in [6, 6.07) is 6.16. The highest BCUT2D eigenvalue weighted by atomic mass is 79.9. The lowest BCUT2D eigenvalue weighted by molar-refractivity contribution is 0.115. The molecule has 1 aliphatic heterocycles. The van der Waals surface area contributed by atoms with Crippen LogP contribution in [0, 0.1) is 5.92 Å². The van der Waals surface area contributed by atoms with Crippen molar-refractivity contribution in [1.29, 1.82) is 0 Å². The number of nitrogens with two attached hydrogens (primary N) is 1. The Morgan fingerprint density at radius 3 is 2.87 bits per heavy atom. The second-order valence-corrected chi connectivity index (χ2v) is 5.34. The van der Waals surface area contributed by atoms with Gasteiger partial charge in [0, 0.05) is 22.5 Å². The Kier molecular flexibility index (Phi) is 3.03. The molecule has 1 heterocycles. The highest BCUT2D eigenvalue weighted by Crippen LogP contribution is 2.36. The molecule has 0 aromatic heterocycles. The van der Waals surface area contributed by atoms with Gasteiger partial charge in [-0.1, -0.05) is 35.8 Å². The summed E-state index contributed by atoms with van der Waals surface area (Å²) >= 11 is 3.45. The molecule has 0 radical (unpaired) electrons. The number of ether oxygens (including phenoxy) is 1. The summed E-state index contributed by atoms with van der Waals surface area (Å²) in [5.41, 5.74) is 7.25. The van der Waals surface area contributed by atoms with Gasteiger partial charge in [-0.25, -0.2) is 0 Å². The van der Waals surface area contributed by atoms with Crippen LogP contribution < -0.4 is 10.5 Å². The van der Waals surface area contributed by atoms with Crippen LogP contribution in [0.15, 0.2) is 22.7 Å². The van der Waals surface area contributed by atoms with Crippen LogP contribution in [-0.4, -0.2) is 6.10 Å². The predicted molar refractivity (Wildman–Crippen MR) is 64.9 cm³/mol. The van der Waals surface area contributed by atoms with Gasteiger partial charge in [0.1, 0.15) is 11.9 Å². The van der Waals surface area contributed by atoms with E-state index < -0.39 is 0 Å². The lowest BCUT2D eigenvalue weighted by Gasteiger charge is -2.32. The Hall–Kier alpha value is -0.540. The maximum Gasteiger partial charge on any atom is 0.125 e. The molecule has 0 amide bonds. The fraction of sp³-hybridized carbons (Fsp3) is 0.500. The second kappa shape index (κ2) is 4.14. The minimum absolute atomic E-state index is 0.106. The molecule has 3 heteroatoms. The Bertz CT molecular complexity index is 365. The Balaban J connectivity index is 2.33. The fourth-order valence-corrected chi connectivity index (χ4v) is 2.25. The molecule has 1 aromatic rings. The maximum atomic E-state index is 6.13. The molecule has 2 nitrogen and oxygen atoms in total. The second-order valence-electron chi connectivity index (χ2n) is 4.42. The van der Waals surface area contributed by atoms with Crippen LogP contribution in [0.25, 0.3) is 0 Å². The van der Waals surface area contributed by atoms with Crippen molar-refractivity contribution in [1.82, 2.24) is 0 Å². The largest absolute Gasteiger partial charge is 0.490 e. The molecule has 1 aliphatic rings. The molecule has 2 N–H and O–H groups in total. The molecule has 15 heavy (non-hydrogen) atoms. The Morgan fingerprint density at radius 2 is 2.20 bits per heavy atom. The van der Waals surface area contributed by atoms with Crippen molar-refractivity contribution >= 4 is 15.9 Å². The Labute approximate surface area is 98.9 Å². The molecule has 2 atom stereocenters. The number of fused-ring (bicyclic) bond motifs is 1. The van der Waals surface area contributed by atoms with Crippen molar-refractivity contribution in [3.8, 4) is 5.75 Å². The molecular formula is C12H16BrNO. The third kappa shape index (κ3) is 2.18. The number of benzene rings is 1. The van der Waals surface area contributed by atoms with Gasteiger partial charge in [-0.15, -0.1) is 0 Å². The van der Waals surface area contributed by atoms with E-state index in [1.807, 2.05) is 18.2 Å². The summed E-state index contributed by atoms with van der Waals surface area (Å²) in [4.78, 5) is 0. The predicted octanol–water partition coefficient (Wildman–Crippen LogP) is 3.26. The topological polar surface area (TPSA) is 35.2 Å². The van der Waals surface area contributed by atoms with Gasteiger partial charge >= 0.3 is 0 Å². The van der Waals surface area contributed by atoms with Crippen LogP contribution >= 0.6 is 15.9 Å². The zero-order valence-electron chi connectivity index (χ0n) is 9.03. The third-order valence-electron chi connectivity index (χ3n) is 2.88. The quantitative estimate of drug-likeness (QED) is 0.850. The maximum absolute atomic E-state index is 6.13. The number of rotatable bonds is 1. The summed E-state index contributed by atoms with van der Waals surface area (Å²) in [6.07, 6.45) is 1.15. The zero-order valence-corrected chi connectivity index (χ0v) is 10.6. The highest BCUT2D eigenvalue weighted by Gasteiger charge is 2.27. The van der Waals surface area contributed by atoms with E-state index in [1.165, 1.54) is 0 Å². The molecule has 82 valence electrons. The van der Waals surface area contributed by atoms with Gasteiger partial charge in [0.05, 0.1) is 0 Å². The Morgan fingerprint density at radius 1 is 1.47 bits per heavy atom. The first-order chi connectivity index (χ1) is 7.08. The van der Waals surface area contributed by atoms with Crippen LogP contribution in [0.2, 0.25) is 0 Å². The number of halogens is 1. The molecule has 2 unspecified atom stereocenters. The van der Waals surface area contributed by atoms with E-state index in [9.17, 15) is 0 Å². The first-order valence-electron chi connectivity index (χ1n) is 5.29. The van der Waals surface area contributed by atoms with E-state index in [0.717, 1.165) is 22.2 Å². The normalized spacial score (nSPS) is 24.9. The summed E-state index contributed by atoms with van der Waals surface area (Å²) in [5.74, 6) is 1.44. The van der Waals surface area contributed by atoms with E-state index in [0.29, 0.717) is 5.92 Å². The van der Waals surface area contributed by atoms with Crippen LogP contribution in [0.4, 0.5) is 0 Å². The van der Waals surface area contributed by atoms with Crippen LogP contribution in [0.5, 0.6) is 5.75 Å². The number of hydrogen-bond acceptors (Lipinski definition) is 2. The minimum Gasteiger partial charge on any atom is -0.490 e. The van der Waals surface area contributed by atoms with Crippen molar-refractivity contribution in [3.63, 3.8) is 0 Å². The van der Waals surface area contributed by atoms with Crippen LogP contribution in [0.3, 0.4) is 0 Å². The summed E-state index contributed by atoms with van der Waals surface area (Å²) < 4.78 is 6.97. The van der Waals surface area contributed by atoms with Crippen molar-refractivity contribution in [2.24, 2.45) is 11.7 Å². The van der Waals surface area contributed by atoms with Gasteiger partial charge in [0.15, 0.2) is 0 Å². The first kappa shape index (κ1) is 11.0. The monoisotopic (exact) mass is 269 g/mol. The van der Waals surface area contributed by atoms with Crippen LogP contribution in [-0.2, 0) is 0 Å². The SMILES string of the molecule is CC(C)C1CC(N)c2ccc(Br)cc2O1. The average Bonchev–Trinajstić information content (AvgIpc) is 2.16. The van der Waals surface area contributed by atoms with Crippen molar-refractivity contribution < 1.29 is 4.74 Å². The first-order valence-corrected chi connectivity index (χ1v) is 6.09. The van der Waals surface area contributed by atoms with Gasteiger partial charge in [-0.05, 0) is 18.1 Å². The summed E-state index contributed by atoms with van der Waals surface area (Å²) in [7, 11) is 0. The summed E-state index contributed by atoms with van der Waals surface area (Å²) in [6.45, 7) is 4.33. The smallest absolute Gasteiger partial charge is 0.125 e. The molecule has 2 rings (SSSR count). The minimum atomic E-state index is 0.106. The van der Waals surface area contributed by atoms with E-state index in [-0.39, 0.29) is 12.1 Å². The van der Waals surface area contributed by atoms with Gasteiger partial charge < -0.3 is 10.5 Å². The van der Waals surface area contributed by atoms with Gasteiger partial charge in [-0.3, -0.25) is 0 Å². The standard InChI is InChI=1S/C12H16BrNO/c1-7(2)11-6-10(14)9-4-3-8(13)5-12(9)15-11/h3-5,7,10-11H,6,14H2,1-2H3. The van der Waals surface area contributed by atoms with Gasteiger partial charge in [0.2, 0.25) is 0 Å². The van der Waals surface area contributed by atoms with E-state index in [4.69, 9.17) is 10.5 Å². The van der Waals surface area contributed by atoms with Crippen molar-refractivity contribution in [2.45, 2.75) is 32.4 Å². The molecule has 1 aromatic carbocycles.